The lowest BCUT2D eigenvalue weighted by Crippen LogP contribution is -2.27. The molecule has 0 unspecified atom stereocenters. The molecule has 0 amide bonds. The van der Waals surface area contributed by atoms with Crippen LogP contribution in [0.1, 0.15) is 31.4 Å². The van der Waals surface area contributed by atoms with Crippen molar-refractivity contribution < 1.29 is 9.50 Å². The molecule has 0 saturated carbocycles. The Balaban J connectivity index is 1.73. The highest BCUT2D eigenvalue weighted by Gasteiger charge is 2.25. The lowest BCUT2D eigenvalue weighted by atomic mass is 9.98. The molecule has 150 valence electrons. The van der Waals surface area contributed by atoms with Gasteiger partial charge < -0.3 is 10.0 Å². The number of nitrogens with zero attached hydrogens (tertiary/aromatic N) is 6. The first kappa shape index (κ1) is 18.5. The summed E-state index contributed by atoms with van der Waals surface area (Å²) in [4.78, 5) is 11.1. The molecule has 4 aromatic rings. The zero-order valence-corrected chi connectivity index (χ0v) is 16.6. The topological polar surface area (TPSA) is 79.4 Å². The number of anilines is 2. The van der Waals surface area contributed by atoms with Gasteiger partial charge in [-0.1, -0.05) is 11.8 Å². The van der Waals surface area contributed by atoms with Crippen LogP contribution in [0.5, 0.6) is 0 Å². The monoisotopic (exact) mass is 402 g/mol. The molecule has 0 fully saturated rings. The molecule has 1 aliphatic heterocycles. The normalized spacial score (nSPS) is 13.9. The minimum absolute atomic E-state index is 0.335. The molecule has 0 bridgehead atoms. The fraction of sp³-hybridized carbons (Fsp3) is 0.273. The van der Waals surface area contributed by atoms with Gasteiger partial charge in [0.1, 0.15) is 23.6 Å². The summed E-state index contributed by atoms with van der Waals surface area (Å²) in [6.07, 6.45) is 6.79. The molecule has 0 atom stereocenters. The minimum Gasteiger partial charge on any atom is -0.378 e. The molecule has 1 aliphatic rings. The fourth-order valence-corrected chi connectivity index (χ4v) is 3.79. The smallest absolute Gasteiger partial charge is 0.257 e. The number of rotatable bonds is 1. The van der Waals surface area contributed by atoms with Crippen molar-refractivity contribution in [1.82, 2.24) is 24.6 Å². The molecule has 0 radical (unpaired) electrons. The largest absolute Gasteiger partial charge is 0.378 e. The first-order valence-corrected chi connectivity index (χ1v) is 9.70. The molecule has 0 aliphatic carbocycles. The third kappa shape index (κ3) is 3.13. The van der Waals surface area contributed by atoms with Crippen LogP contribution in [0.25, 0.3) is 16.7 Å². The number of hydrogen-bond donors (Lipinski definition) is 1. The van der Waals surface area contributed by atoms with Crippen LogP contribution in [0, 0.1) is 17.7 Å². The van der Waals surface area contributed by atoms with Crippen LogP contribution in [-0.2, 0) is 6.42 Å². The number of aliphatic hydroxyl groups is 1. The molecule has 1 aromatic carbocycles. The summed E-state index contributed by atoms with van der Waals surface area (Å²) >= 11 is 0. The number of fused-ring (bicyclic) bond motifs is 4. The highest BCUT2D eigenvalue weighted by molar-refractivity contribution is 5.94. The number of halogens is 1. The second-order valence-corrected chi connectivity index (χ2v) is 7.85. The summed E-state index contributed by atoms with van der Waals surface area (Å²) in [6.45, 7) is 4.00. The molecule has 0 spiro atoms. The van der Waals surface area contributed by atoms with E-state index in [9.17, 15) is 9.50 Å². The van der Waals surface area contributed by atoms with Gasteiger partial charge in [0.15, 0.2) is 0 Å². The average molecular weight is 402 g/mol. The maximum Gasteiger partial charge on any atom is 0.257 e. The second kappa shape index (κ2) is 6.75. The van der Waals surface area contributed by atoms with Gasteiger partial charge in [0.25, 0.3) is 5.78 Å². The Morgan fingerprint density at radius 1 is 1.23 bits per heavy atom. The summed E-state index contributed by atoms with van der Waals surface area (Å²) in [5.74, 6) is 6.64. The standard InChI is InChI=1S/C22H19FN6O/c1-22(2,30)8-7-14-11-24-12-19-16(14)4-3-9-28(19)20-17-10-15(23)5-6-18(17)29-13-25-27-21(29)26-20/h5-6,10-13,30H,3-4,9H2,1-2H3. The van der Waals surface area contributed by atoms with E-state index in [4.69, 9.17) is 0 Å². The maximum absolute atomic E-state index is 14.1. The summed E-state index contributed by atoms with van der Waals surface area (Å²) in [6, 6.07) is 4.61. The highest BCUT2D eigenvalue weighted by Crippen LogP contribution is 2.37. The van der Waals surface area contributed by atoms with E-state index in [0.29, 0.717) is 23.5 Å². The first-order valence-electron chi connectivity index (χ1n) is 9.70. The zero-order valence-electron chi connectivity index (χ0n) is 16.6. The lowest BCUT2D eigenvalue weighted by molar-refractivity contribution is 0.143. The fourth-order valence-electron chi connectivity index (χ4n) is 3.79. The van der Waals surface area contributed by atoms with Gasteiger partial charge in [0.05, 0.1) is 17.4 Å². The van der Waals surface area contributed by atoms with Crippen molar-refractivity contribution in [3.05, 3.63) is 53.9 Å². The Hall–Kier alpha value is -3.57. The molecular weight excluding hydrogens is 383 g/mol. The molecule has 7 nitrogen and oxygen atoms in total. The molecule has 3 aromatic heterocycles. The van der Waals surface area contributed by atoms with Crippen LogP contribution in [-0.4, -0.2) is 41.8 Å². The Morgan fingerprint density at radius 3 is 2.93 bits per heavy atom. The van der Waals surface area contributed by atoms with Crippen LogP contribution in [0.2, 0.25) is 0 Å². The summed E-state index contributed by atoms with van der Waals surface area (Å²) < 4.78 is 15.9. The molecule has 1 N–H and O–H groups in total. The van der Waals surface area contributed by atoms with E-state index in [1.165, 1.54) is 12.1 Å². The van der Waals surface area contributed by atoms with Crippen LogP contribution >= 0.6 is 0 Å². The van der Waals surface area contributed by atoms with E-state index >= 15 is 0 Å². The van der Waals surface area contributed by atoms with Crippen molar-refractivity contribution in [2.45, 2.75) is 32.3 Å². The number of hydrogen-bond acceptors (Lipinski definition) is 6. The number of benzene rings is 1. The van der Waals surface area contributed by atoms with E-state index in [1.54, 1.807) is 43.0 Å². The van der Waals surface area contributed by atoms with Crippen molar-refractivity contribution >= 4 is 28.2 Å². The third-order valence-electron chi connectivity index (χ3n) is 5.09. The Labute approximate surface area is 172 Å². The average Bonchev–Trinajstić information content (AvgIpc) is 3.19. The quantitative estimate of drug-likeness (QED) is 0.493. The Morgan fingerprint density at radius 2 is 2.10 bits per heavy atom. The van der Waals surface area contributed by atoms with E-state index in [2.05, 4.69) is 32.0 Å². The molecule has 0 saturated heterocycles. The number of aromatic nitrogens is 5. The molecule has 5 rings (SSSR count). The van der Waals surface area contributed by atoms with Crippen LogP contribution in [0.3, 0.4) is 0 Å². The summed E-state index contributed by atoms with van der Waals surface area (Å²) in [5.41, 5.74) is 2.38. The maximum atomic E-state index is 14.1. The van der Waals surface area contributed by atoms with Gasteiger partial charge in [-0.05, 0) is 50.5 Å². The van der Waals surface area contributed by atoms with Crippen molar-refractivity contribution in [1.29, 1.82) is 0 Å². The summed E-state index contributed by atoms with van der Waals surface area (Å²) in [7, 11) is 0. The van der Waals surface area contributed by atoms with Crippen molar-refractivity contribution in [3.63, 3.8) is 0 Å². The van der Waals surface area contributed by atoms with Gasteiger partial charge in [0.2, 0.25) is 0 Å². The number of pyridine rings is 1. The van der Waals surface area contributed by atoms with Crippen LogP contribution < -0.4 is 4.90 Å². The van der Waals surface area contributed by atoms with Gasteiger partial charge in [-0.3, -0.25) is 9.38 Å². The van der Waals surface area contributed by atoms with E-state index in [-0.39, 0.29) is 5.82 Å². The predicted octanol–water partition coefficient (Wildman–Crippen LogP) is 3.02. The van der Waals surface area contributed by atoms with Crippen molar-refractivity contribution in [2.24, 2.45) is 0 Å². The first-order chi connectivity index (χ1) is 14.4. The minimum atomic E-state index is -1.09. The third-order valence-corrected chi connectivity index (χ3v) is 5.09. The highest BCUT2D eigenvalue weighted by atomic mass is 19.1. The van der Waals surface area contributed by atoms with Gasteiger partial charge in [-0.25, -0.2) is 4.39 Å². The Kier molecular flexibility index (Phi) is 4.15. The van der Waals surface area contributed by atoms with Crippen molar-refractivity contribution in [3.8, 4) is 11.8 Å². The SMILES string of the molecule is CC(C)(O)C#Cc1cncc2c1CCCN2c1nc2nncn2c2ccc(F)cc12. The zero-order chi connectivity index (χ0) is 20.9. The second-order valence-electron chi connectivity index (χ2n) is 7.85. The van der Waals surface area contributed by atoms with Gasteiger partial charge in [-0.2, -0.15) is 4.98 Å². The van der Waals surface area contributed by atoms with Crippen LogP contribution in [0.4, 0.5) is 15.9 Å². The van der Waals surface area contributed by atoms with Crippen molar-refractivity contribution in [2.75, 3.05) is 11.4 Å². The predicted molar refractivity (Wildman–Crippen MR) is 111 cm³/mol. The Bertz CT molecular complexity index is 1340. The lowest BCUT2D eigenvalue weighted by Gasteiger charge is -2.31. The van der Waals surface area contributed by atoms with Gasteiger partial charge in [-0.15, -0.1) is 10.2 Å². The molecule has 4 heterocycles. The molecule has 8 heteroatoms. The summed E-state index contributed by atoms with van der Waals surface area (Å²) in [5, 5.41) is 18.7. The van der Waals surface area contributed by atoms with Gasteiger partial charge in [0, 0.05) is 23.7 Å². The van der Waals surface area contributed by atoms with E-state index in [1.807, 2.05) is 4.90 Å². The van der Waals surface area contributed by atoms with E-state index < -0.39 is 5.60 Å². The van der Waals surface area contributed by atoms with Crippen LogP contribution in [0.15, 0.2) is 36.9 Å². The van der Waals surface area contributed by atoms with E-state index in [0.717, 1.165) is 35.2 Å². The van der Waals surface area contributed by atoms with Gasteiger partial charge >= 0.3 is 0 Å². The molecular formula is C22H19FN6O. The molecule has 30 heavy (non-hydrogen) atoms.